The molecule has 0 aromatic heterocycles. The van der Waals surface area contributed by atoms with Crippen LogP contribution in [0.5, 0.6) is 0 Å². The van der Waals surface area contributed by atoms with Crippen LogP contribution in [0.2, 0.25) is 0 Å². The van der Waals surface area contributed by atoms with Gasteiger partial charge in [0.1, 0.15) is 0 Å². The van der Waals surface area contributed by atoms with E-state index < -0.39 is 5.54 Å². The van der Waals surface area contributed by atoms with E-state index in [1.54, 1.807) is 0 Å². The molecule has 0 saturated carbocycles. The number of primary amides is 1. The number of carbonyl (C=O) groups excluding carboxylic acids is 1. The molecule has 0 aromatic rings. The van der Waals surface area contributed by atoms with Gasteiger partial charge in [0.25, 0.3) is 0 Å². The molecular formula is C14H28N2O2S. The first-order valence-corrected chi connectivity index (χ1v) is 8.03. The molecule has 1 aliphatic heterocycles. The minimum Gasteiger partial charge on any atom is -0.377 e. The molecule has 112 valence electrons. The van der Waals surface area contributed by atoms with E-state index in [1.165, 1.54) is 0 Å². The van der Waals surface area contributed by atoms with Crippen molar-refractivity contribution in [2.75, 3.05) is 6.61 Å². The summed E-state index contributed by atoms with van der Waals surface area (Å²) < 4.78 is 5.58. The van der Waals surface area contributed by atoms with Gasteiger partial charge in [-0.1, -0.05) is 6.92 Å². The summed E-state index contributed by atoms with van der Waals surface area (Å²) in [5, 5.41) is 4.21. The van der Waals surface area contributed by atoms with Crippen molar-refractivity contribution in [1.29, 1.82) is 0 Å². The predicted molar refractivity (Wildman–Crippen MR) is 81.4 cm³/mol. The monoisotopic (exact) mass is 288 g/mol. The van der Waals surface area contributed by atoms with Crippen LogP contribution in [0.1, 0.15) is 47.5 Å². The van der Waals surface area contributed by atoms with Gasteiger partial charge in [0.2, 0.25) is 5.91 Å². The number of hydrogen-bond acceptors (Lipinski definition) is 4. The smallest absolute Gasteiger partial charge is 0.237 e. The Morgan fingerprint density at radius 3 is 2.58 bits per heavy atom. The number of nitrogens with two attached hydrogens (primary N) is 1. The van der Waals surface area contributed by atoms with Crippen molar-refractivity contribution in [3.05, 3.63) is 0 Å². The van der Waals surface area contributed by atoms with E-state index in [1.807, 2.05) is 32.5 Å². The molecule has 4 atom stereocenters. The van der Waals surface area contributed by atoms with Crippen molar-refractivity contribution in [2.45, 2.75) is 75.6 Å². The van der Waals surface area contributed by atoms with Gasteiger partial charge in [-0.25, -0.2) is 0 Å². The molecule has 3 N–H and O–H groups in total. The molecule has 1 rings (SSSR count). The third-order valence-electron chi connectivity index (χ3n) is 3.56. The van der Waals surface area contributed by atoms with Gasteiger partial charge in [-0.2, -0.15) is 11.8 Å². The molecule has 1 saturated heterocycles. The molecule has 1 amide bonds. The number of ether oxygens (including phenoxy) is 1. The van der Waals surface area contributed by atoms with Crippen molar-refractivity contribution in [3.8, 4) is 0 Å². The third-order valence-corrected chi connectivity index (χ3v) is 5.16. The second-order valence-electron chi connectivity index (χ2n) is 6.05. The average molecular weight is 288 g/mol. The maximum absolute atomic E-state index is 11.7. The number of thioether (sulfide) groups is 1. The molecule has 0 radical (unpaired) electrons. The van der Waals surface area contributed by atoms with Crippen LogP contribution in [0, 0.1) is 0 Å². The Morgan fingerprint density at radius 1 is 1.53 bits per heavy atom. The Morgan fingerprint density at radius 2 is 2.16 bits per heavy atom. The zero-order valence-electron chi connectivity index (χ0n) is 12.7. The maximum atomic E-state index is 11.7. The van der Waals surface area contributed by atoms with Crippen LogP contribution in [0.4, 0.5) is 0 Å². The Bertz CT molecular complexity index is 312. The first-order valence-electron chi connectivity index (χ1n) is 7.09. The number of nitrogens with one attached hydrogen (secondary N) is 1. The summed E-state index contributed by atoms with van der Waals surface area (Å²) in [4.78, 5) is 11.7. The van der Waals surface area contributed by atoms with E-state index in [-0.39, 0.29) is 11.9 Å². The topological polar surface area (TPSA) is 64.3 Å². The Labute approximate surface area is 121 Å². The van der Waals surface area contributed by atoms with Crippen molar-refractivity contribution in [1.82, 2.24) is 5.32 Å². The van der Waals surface area contributed by atoms with Gasteiger partial charge in [-0.3, -0.25) is 4.79 Å². The lowest BCUT2D eigenvalue weighted by atomic mass is 9.94. The summed E-state index contributed by atoms with van der Waals surface area (Å²) in [6.45, 7) is 11.1. The van der Waals surface area contributed by atoms with Gasteiger partial charge in [-0.15, -0.1) is 0 Å². The molecule has 1 aliphatic rings. The second kappa shape index (κ2) is 6.95. The highest BCUT2D eigenvalue weighted by Gasteiger charge is 2.35. The van der Waals surface area contributed by atoms with E-state index >= 15 is 0 Å². The standard InChI is InChI=1S/C14H28N2O2S/c1-9(2)16-14(5,13(15)17)8-10(3)19-12-6-7-18-11(12)4/h9-12,16H,6-8H2,1-5H3,(H2,15,17). The number of hydrogen-bond donors (Lipinski definition) is 2. The van der Waals surface area contributed by atoms with Crippen LogP contribution in [0.15, 0.2) is 0 Å². The largest absolute Gasteiger partial charge is 0.377 e. The van der Waals surface area contributed by atoms with Gasteiger partial charge in [0.05, 0.1) is 11.6 Å². The lowest BCUT2D eigenvalue weighted by molar-refractivity contribution is -0.124. The quantitative estimate of drug-likeness (QED) is 0.751. The zero-order valence-corrected chi connectivity index (χ0v) is 13.5. The van der Waals surface area contributed by atoms with Gasteiger partial charge < -0.3 is 15.8 Å². The minimum absolute atomic E-state index is 0.239. The van der Waals surface area contributed by atoms with Crippen molar-refractivity contribution in [3.63, 3.8) is 0 Å². The molecule has 0 bridgehead atoms. The fourth-order valence-corrected chi connectivity index (χ4v) is 4.24. The summed E-state index contributed by atoms with van der Waals surface area (Å²) >= 11 is 1.91. The molecule has 4 unspecified atom stereocenters. The Balaban J connectivity index is 2.56. The summed E-state index contributed by atoms with van der Waals surface area (Å²) in [6, 6.07) is 0.239. The first kappa shape index (κ1) is 16.8. The highest BCUT2D eigenvalue weighted by molar-refractivity contribution is 8.00. The van der Waals surface area contributed by atoms with E-state index in [9.17, 15) is 4.79 Å². The summed E-state index contributed by atoms with van der Waals surface area (Å²) in [7, 11) is 0. The molecule has 19 heavy (non-hydrogen) atoms. The molecule has 1 fully saturated rings. The minimum atomic E-state index is -0.636. The highest BCUT2D eigenvalue weighted by atomic mass is 32.2. The fourth-order valence-electron chi connectivity index (χ4n) is 2.68. The molecular weight excluding hydrogens is 260 g/mol. The molecule has 0 spiro atoms. The van der Waals surface area contributed by atoms with E-state index in [4.69, 9.17) is 10.5 Å². The third kappa shape index (κ3) is 4.97. The van der Waals surface area contributed by atoms with Crippen LogP contribution < -0.4 is 11.1 Å². The van der Waals surface area contributed by atoms with E-state index in [0.717, 1.165) is 19.4 Å². The summed E-state index contributed by atoms with van der Waals surface area (Å²) in [5.41, 5.74) is 4.93. The zero-order chi connectivity index (χ0) is 14.6. The van der Waals surface area contributed by atoms with E-state index in [2.05, 4.69) is 19.2 Å². The van der Waals surface area contributed by atoms with Crippen molar-refractivity contribution < 1.29 is 9.53 Å². The molecule has 1 heterocycles. The molecule has 0 aliphatic carbocycles. The van der Waals surface area contributed by atoms with Gasteiger partial charge in [0, 0.05) is 23.1 Å². The van der Waals surface area contributed by atoms with Crippen LogP contribution in [-0.4, -0.2) is 40.7 Å². The molecule has 5 heteroatoms. The summed E-state index contributed by atoms with van der Waals surface area (Å²) in [6.07, 6.45) is 2.15. The van der Waals surface area contributed by atoms with E-state index in [0.29, 0.717) is 16.6 Å². The lowest BCUT2D eigenvalue weighted by Gasteiger charge is -2.33. The van der Waals surface area contributed by atoms with Crippen LogP contribution >= 0.6 is 11.8 Å². The Hall–Kier alpha value is -0.260. The SMILES string of the molecule is CC(C)NC(C)(CC(C)SC1CCOC1C)C(N)=O. The number of rotatable bonds is 7. The second-order valence-corrected chi connectivity index (χ2v) is 7.73. The number of amides is 1. The van der Waals surface area contributed by atoms with Crippen molar-refractivity contribution in [2.24, 2.45) is 5.73 Å². The van der Waals surface area contributed by atoms with Crippen LogP contribution in [0.25, 0.3) is 0 Å². The fraction of sp³-hybridized carbons (Fsp3) is 0.929. The van der Waals surface area contributed by atoms with Crippen LogP contribution in [-0.2, 0) is 9.53 Å². The van der Waals surface area contributed by atoms with Gasteiger partial charge in [0.15, 0.2) is 0 Å². The number of carbonyl (C=O) groups is 1. The summed E-state index contributed by atoms with van der Waals surface area (Å²) in [5.74, 6) is -0.274. The van der Waals surface area contributed by atoms with Crippen LogP contribution in [0.3, 0.4) is 0 Å². The lowest BCUT2D eigenvalue weighted by Crippen LogP contribution is -2.56. The van der Waals surface area contributed by atoms with Crippen molar-refractivity contribution >= 4 is 17.7 Å². The normalized spacial score (nSPS) is 28.3. The highest BCUT2D eigenvalue weighted by Crippen LogP contribution is 2.32. The van der Waals surface area contributed by atoms with Gasteiger partial charge in [-0.05, 0) is 40.5 Å². The molecule has 4 nitrogen and oxygen atoms in total. The molecule has 0 aromatic carbocycles. The van der Waals surface area contributed by atoms with Gasteiger partial charge >= 0.3 is 0 Å². The Kier molecular flexibility index (Phi) is 6.15. The maximum Gasteiger partial charge on any atom is 0.237 e. The average Bonchev–Trinajstić information content (AvgIpc) is 2.62. The first-order chi connectivity index (χ1) is 8.74. The predicted octanol–water partition coefficient (Wildman–Crippen LogP) is 1.92.